The van der Waals surface area contributed by atoms with Crippen LogP contribution in [0.5, 0.6) is 0 Å². The SMILES string of the molecule is C[C@H](NC(=O)N1CCC[C@@H](c2nncn2C)C1)c1cccnc1. The Bertz CT molecular complexity index is 656. The second-order valence-corrected chi connectivity index (χ2v) is 6.04. The minimum atomic E-state index is -0.0635. The van der Waals surface area contributed by atoms with Gasteiger partial charge in [0.15, 0.2) is 0 Å². The molecule has 2 aromatic heterocycles. The maximum atomic E-state index is 12.5. The molecule has 0 aromatic carbocycles. The van der Waals surface area contributed by atoms with E-state index >= 15 is 0 Å². The number of rotatable bonds is 3. The highest BCUT2D eigenvalue weighted by atomic mass is 16.2. The van der Waals surface area contributed by atoms with Crippen molar-refractivity contribution in [2.45, 2.75) is 31.7 Å². The van der Waals surface area contributed by atoms with Gasteiger partial charge in [-0.25, -0.2) is 4.79 Å². The number of aromatic nitrogens is 4. The number of aryl methyl sites for hydroxylation is 1. The highest BCUT2D eigenvalue weighted by molar-refractivity contribution is 5.74. The van der Waals surface area contributed by atoms with E-state index in [1.54, 1.807) is 18.7 Å². The minimum Gasteiger partial charge on any atom is -0.331 e. The number of piperidine rings is 1. The van der Waals surface area contributed by atoms with Crippen LogP contribution in [0.3, 0.4) is 0 Å². The molecule has 0 radical (unpaired) electrons. The van der Waals surface area contributed by atoms with Gasteiger partial charge in [0.05, 0.1) is 6.04 Å². The molecular weight excluding hydrogens is 292 g/mol. The normalized spacial score (nSPS) is 19.4. The van der Waals surface area contributed by atoms with E-state index in [-0.39, 0.29) is 18.0 Å². The summed E-state index contributed by atoms with van der Waals surface area (Å²) in [5.41, 5.74) is 1.00. The van der Waals surface area contributed by atoms with E-state index in [0.29, 0.717) is 6.54 Å². The number of pyridine rings is 1. The van der Waals surface area contributed by atoms with E-state index in [2.05, 4.69) is 20.5 Å². The Morgan fingerprint density at radius 1 is 1.48 bits per heavy atom. The monoisotopic (exact) mass is 314 g/mol. The van der Waals surface area contributed by atoms with Gasteiger partial charge in [-0.15, -0.1) is 10.2 Å². The average molecular weight is 314 g/mol. The topological polar surface area (TPSA) is 75.9 Å². The van der Waals surface area contributed by atoms with Crippen molar-refractivity contribution in [1.82, 2.24) is 30.0 Å². The summed E-state index contributed by atoms with van der Waals surface area (Å²) in [4.78, 5) is 18.5. The highest BCUT2D eigenvalue weighted by Crippen LogP contribution is 2.25. The molecule has 7 nitrogen and oxygen atoms in total. The van der Waals surface area contributed by atoms with Crippen LogP contribution >= 0.6 is 0 Å². The molecule has 2 amide bonds. The molecule has 1 saturated heterocycles. The summed E-state index contributed by atoms with van der Waals surface area (Å²) in [7, 11) is 1.94. The third-order valence-corrected chi connectivity index (χ3v) is 4.34. The van der Waals surface area contributed by atoms with Crippen molar-refractivity contribution in [1.29, 1.82) is 0 Å². The summed E-state index contributed by atoms with van der Waals surface area (Å²) in [6.07, 6.45) is 7.23. The van der Waals surface area contributed by atoms with Crippen LogP contribution in [0.2, 0.25) is 0 Å². The van der Waals surface area contributed by atoms with Crippen molar-refractivity contribution in [2.24, 2.45) is 7.05 Å². The molecule has 0 aliphatic carbocycles. The van der Waals surface area contributed by atoms with Crippen LogP contribution in [0.4, 0.5) is 4.79 Å². The van der Waals surface area contributed by atoms with Gasteiger partial charge in [-0.1, -0.05) is 6.07 Å². The Hall–Kier alpha value is -2.44. The minimum absolute atomic E-state index is 0.0341. The number of nitrogens with zero attached hydrogens (tertiary/aromatic N) is 5. The molecule has 0 saturated carbocycles. The first-order chi connectivity index (χ1) is 11.1. The molecule has 3 rings (SSSR count). The lowest BCUT2D eigenvalue weighted by Gasteiger charge is -2.33. The van der Waals surface area contributed by atoms with E-state index in [0.717, 1.165) is 30.8 Å². The summed E-state index contributed by atoms with van der Waals surface area (Å²) < 4.78 is 1.93. The van der Waals surface area contributed by atoms with Gasteiger partial charge < -0.3 is 14.8 Å². The van der Waals surface area contributed by atoms with Crippen molar-refractivity contribution in [3.63, 3.8) is 0 Å². The van der Waals surface area contributed by atoms with Crippen molar-refractivity contribution in [3.05, 3.63) is 42.2 Å². The smallest absolute Gasteiger partial charge is 0.317 e. The van der Waals surface area contributed by atoms with Gasteiger partial charge in [0.25, 0.3) is 0 Å². The number of likely N-dealkylation sites (tertiary alicyclic amines) is 1. The molecule has 1 N–H and O–H groups in total. The van der Waals surface area contributed by atoms with Gasteiger partial charge in [0.2, 0.25) is 0 Å². The molecular formula is C16H22N6O. The van der Waals surface area contributed by atoms with Crippen molar-refractivity contribution in [2.75, 3.05) is 13.1 Å². The Kier molecular flexibility index (Phi) is 4.55. The molecule has 3 heterocycles. The molecule has 0 spiro atoms. The van der Waals surface area contributed by atoms with Crippen molar-refractivity contribution < 1.29 is 4.79 Å². The van der Waals surface area contributed by atoms with Gasteiger partial charge in [-0.2, -0.15) is 0 Å². The van der Waals surface area contributed by atoms with E-state index in [1.165, 1.54) is 0 Å². The Morgan fingerprint density at radius 2 is 2.35 bits per heavy atom. The summed E-state index contributed by atoms with van der Waals surface area (Å²) in [6.45, 7) is 3.43. The molecule has 7 heteroatoms. The molecule has 23 heavy (non-hydrogen) atoms. The quantitative estimate of drug-likeness (QED) is 0.938. The lowest BCUT2D eigenvalue weighted by atomic mass is 9.97. The maximum absolute atomic E-state index is 12.5. The fourth-order valence-corrected chi connectivity index (χ4v) is 3.03. The first-order valence-electron chi connectivity index (χ1n) is 7.94. The van der Waals surface area contributed by atoms with Gasteiger partial charge in [0.1, 0.15) is 12.2 Å². The Morgan fingerprint density at radius 3 is 3.04 bits per heavy atom. The number of urea groups is 1. The average Bonchev–Trinajstić information content (AvgIpc) is 3.02. The molecule has 1 aliphatic rings. The van der Waals surface area contributed by atoms with Crippen LogP contribution in [0.25, 0.3) is 0 Å². The summed E-state index contributed by atoms with van der Waals surface area (Å²) >= 11 is 0. The molecule has 122 valence electrons. The number of nitrogens with one attached hydrogen (secondary N) is 1. The first-order valence-corrected chi connectivity index (χ1v) is 7.94. The van der Waals surface area contributed by atoms with Gasteiger partial charge in [0, 0.05) is 38.4 Å². The zero-order valence-corrected chi connectivity index (χ0v) is 13.5. The molecule has 2 atom stereocenters. The number of carbonyl (C=O) groups is 1. The van der Waals surface area contributed by atoms with Gasteiger partial charge in [-0.05, 0) is 31.4 Å². The molecule has 1 fully saturated rings. The van der Waals surface area contributed by atoms with E-state index in [1.807, 2.05) is 35.6 Å². The molecule has 0 bridgehead atoms. The van der Waals surface area contributed by atoms with Crippen LogP contribution in [0, 0.1) is 0 Å². The second-order valence-electron chi connectivity index (χ2n) is 6.04. The maximum Gasteiger partial charge on any atom is 0.317 e. The lowest BCUT2D eigenvalue weighted by molar-refractivity contribution is 0.175. The van der Waals surface area contributed by atoms with E-state index in [4.69, 9.17) is 0 Å². The second kappa shape index (κ2) is 6.76. The van der Waals surface area contributed by atoms with E-state index < -0.39 is 0 Å². The van der Waals surface area contributed by atoms with Gasteiger partial charge >= 0.3 is 6.03 Å². The van der Waals surface area contributed by atoms with Crippen molar-refractivity contribution in [3.8, 4) is 0 Å². The third-order valence-electron chi connectivity index (χ3n) is 4.34. The number of hydrogen-bond acceptors (Lipinski definition) is 4. The largest absolute Gasteiger partial charge is 0.331 e. The molecule has 2 aromatic rings. The highest BCUT2D eigenvalue weighted by Gasteiger charge is 2.28. The van der Waals surface area contributed by atoms with Crippen LogP contribution in [-0.4, -0.2) is 43.8 Å². The Balaban J connectivity index is 1.62. The zero-order chi connectivity index (χ0) is 16.2. The first kappa shape index (κ1) is 15.5. The molecule has 1 aliphatic heterocycles. The van der Waals surface area contributed by atoms with Crippen LogP contribution < -0.4 is 5.32 Å². The summed E-state index contributed by atoms with van der Waals surface area (Å²) in [6, 6.07) is 3.75. The van der Waals surface area contributed by atoms with Crippen LogP contribution in [0.15, 0.2) is 30.9 Å². The fourth-order valence-electron chi connectivity index (χ4n) is 3.03. The predicted octanol–water partition coefficient (Wildman–Crippen LogP) is 1.86. The summed E-state index contributed by atoms with van der Waals surface area (Å²) in [5.74, 6) is 1.19. The fraction of sp³-hybridized carbons (Fsp3) is 0.500. The standard InChI is InChI=1S/C16H22N6O/c1-12(13-5-3-7-17-9-13)19-16(23)22-8-4-6-14(10-22)15-20-18-11-21(15)2/h3,5,7,9,11-12,14H,4,6,8,10H2,1-2H3,(H,19,23)/t12-,14+/m0/s1. The van der Waals surface area contributed by atoms with Crippen LogP contribution in [0.1, 0.15) is 43.1 Å². The molecule has 0 unspecified atom stereocenters. The zero-order valence-electron chi connectivity index (χ0n) is 13.5. The Labute approximate surface area is 135 Å². The van der Waals surface area contributed by atoms with Crippen molar-refractivity contribution >= 4 is 6.03 Å². The van der Waals surface area contributed by atoms with Gasteiger partial charge in [-0.3, -0.25) is 4.98 Å². The number of hydrogen-bond donors (Lipinski definition) is 1. The van der Waals surface area contributed by atoms with E-state index in [9.17, 15) is 4.79 Å². The summed E-state index contributed by atoms with van der Waals surface area (Å²) in [5, 5.41) is 11.2. The number of carbonyl (C=O) groups excluding carboxylic acids is 1. The lowest BCUT2D eigenvalue weighted by Crippen LogP contribution is -2.46. The van der Waals surface area contributed by atoms with Crippen LogP contribution in [-0.2, 0) is 7.05 Å². The third kappa shape index (κ3) is 3.49. The predicted molar refractivity (Wildman–Crippen MR) is 85.7 cm³/mol. The number of amides is 2.